The Hall–Kier alpha value is -1.35. The number of methoxy groups -OCH3 is 1. The Bertz CT molecular complexity index is 476. The summed E-state index contributed by atoms with van der Waals surface area (Å²) in [6.07, 6.45) is 0. The number of hydrogen-bond donors (Lipinski definition) is 0. The van der Waals surface area contributed by atoms with Crippen molar-refractivity contribution in [3.05, 3.63) is 40.3 Å². The first-order chi connectivity index (χ1) is 7.22. The molecular weight excluding hydrogens is 211 g/mol. The molecule has 0 unspecified atom stereocenters. The highest BCUT2D eigenvalue weighted by Crippen LogP contribution is 2.31. The summed E-state index contributed by atoms with van der Waals surface area (Å²) in [6.45, 7) is 2.01. The number of rotatable bonds is 2. The van der Waals surface area contributed by atoms with Gasteiger partial charge in [-0.25, -0.2) is 4.39 Å². The second kappa shape index (κ2) is 4.03. The highest BCUT2D eigenvalue weighted by atomic mass is 32.1. The van der Waals surface area contributed by atoms with Gasteiger partial charge in [0, 0.05) is 10.4 Å². The number of benzene rings is 1. The number of halogens is 1. The first kappa shape index (κ1) is 10.2. The van der Waals surface area contributed by atoms with Gasteiger partial charge in [-0.05, 0) is 30.0 Å². The summed E-state index contributed by atoms with van der Waals surface area (Å²) in [5.74, 6) is -0.00541. The van der Waals surface area contributed by atoms with Gasteiger partial charge in [-0.2, -0.15) is 0 Å². The first-order valence-electron chi connectivity index (χ1n) is 4.60. The molecule has 3 heteroatoms. The van der Waals surface area contributed by atoms with Crippen LogP contribution in [-0.2, 0) is 0 Å². The SMILES string of the molecule is COc1cccc(-c2csc(C)c2)c1F. The minimum atomic E-state index is -0.294. The quantitative estimate of drug-likeness (QED) is 0.749. The van der Waals surface area contributed by atoms with Crippen molar-refractivity contribution < 1.29 is 9.13 Å². The smallest absolute Gasteiger partial charge is 0.172 e. The lowest BCUT2D eigenvalue weighted by atomic mass is 10.1. The monoisotopic (exact) mass is 222 g/mol. The van der Waals surface area contributed by atoms with E-state index in [1.54, 1.807) is 29.5 Å². The largest absolute Gasteiger partial charge is 0.494 e. The highest BCUT2D eigenvalue weighted by molar-refractivity contribution is 7.10. The van der Waals surface area contributed by atoms with Crippen molar-refractivity contribution >= 4 is 11.3 Å². The summed E-state index contributed by atoms with van der Waals surface area (Å²) in [5, 5.41) is 1.95. The molecule has 1 aromatic heterocycles. The van der Waals surface area contributed by atoms with Crippen molar-refractivity contribution in [3.63, 3.8) is 0 Å². The average Bonchev–Trinajstić information content (AvgIpc) is 2.65. The van der Waals surface area contributed by atoms with E-state index in [9.17, 15) is 4.39 Å². The third-order valence-corrected chi connectivity index (χ3v) is 3.09. The maximum absolute atomic E-state index is 13.8. The van der Waals surface area contributed by atoms with E-state index < -0.39 is 0 Å². The van der Waals surface area contributed by atoms with Gasteiger partial charge in [-0.1, -0.05) is 12.1 Å². The van der Waals surface area contributed by atoms with E-state index in [4.69, 9.17) is 4.74 Å². The summed E-state index contributed by atoms with van der Waals surface area (Å²) in [5.41, 5.74) is 1.51. The van der Waals surface area contributed by atoms with Crippen LogP contribution in [-0.4, -0.2) is 7.11 Å². The summed E-state index contributed by atoms with van der Waals surface area (Å²) < 4.78 is 18.8. The summed E-state index contributed by atoms with van der Waals surface area (Å²) in [4.78, 5) is 1.17. The van der Waals surface area contributed by atoms with Gasteiger partial charge in [-0.3, -0.25) is 0 Å². The molecule has 0 saturated heterocycles. The normalized spacial score (nSPS) is 10.3. The molecule has 0 amide bonds. The maximum atomic E-state index is 13.8. The molecular formula is C12H11FOS. The van der Waals surface area contributed by atoms with Crippen molar-refractivity contribution in [2.45, 2.75) is 6.92 Å². The van der Waals surface area contributed by atoms with Crippen molar-refractivity contribution in [1.29, 1.82) is 0 Å². The first-order valence-corrected chi connectivity index (χ1v) is 5.48. The zero-order chi connectivity index (χ0) is 10.8. The average molecular weight is 222 g/mol. The van der Waals surface area contributed by atoms with E-state index in [2.05, 4.69) is 0 Å². The van der Waals surface area contributed by atoms with Crippen LogP contribution in [0.5, 0.6) is 5.75 Å². The zero-order valence-corrected chi connectivity index (χ0v) is 9.40. The summed E-state index contributed by atoms with van der Waals surface area (Å²) >= 11 is 1.61. The van der Waals surface area contributed by atoms with E-state index in [0.29, 0.717) is 5.56 Å². The molecule has 15 heavy (non-hydrogen) atoms. The van der Waals surface area contributed by atoms with Gasteiger partial charge in [0.1, 0.15) is 0 Å². The topological polar surface area (TPSA) is 9.23 Å². The molecule has 2 aromatic rings. The van der Waals surface area contributed by atoms with Crippen molar-refractivity contribution in [2.24, 2.45) is 0 Å². The van der Waals surface area contributed by atoms with Crippen LogP contribution in [0.1, 0.15) is 4.88 Å². The Morgan fingerprint density at radius 3 is 2.73 bits per heavy atom. The van der Waals surface area contributed by atoms with Gasteiger partial charge < -0.3 is 4.74 Å². The van der Waals surface area contributed by atoms with E-state index >= 15 is 0 Å². The fraction of sp³-hybridized carbons (Fsp3) is 0.167. The number of hydrogen-bond acceptors (Lipinski definition) is 2. The van der Waals surface area contributed by atoms with Gasteiger partial charge in [0.05, 0.1) is 7.11 Å². The molecule has 0 saturated carbocycles. The lowest BCUT2D eigenvalue weighted by molar-refractivity contribution is 0.387. The molecule has 0 atom stereocenters. The minimum Gasteiger partial charge on any atom is -0.494 e. The predicted octanol–water partition coefficient (Wildman–Crippen LogP) is 3.87. The Morgan fingerprint density at radius 2 is 2.13 bits per heavy atom. The van der Waals surface area contributed by atoms with Crippen LogP contribution in [0, 0.1) is 12.7 Å². The van der Waals surface area contributed by atoms with Crippen LogP contribution < -0.4 is 4.74 Å². The van der Waals surface area contributed by atoms with E-state index in [0.717, 1.165) is 5.56 Å². The van der Waals surface area contributed by atoms with Gasteiger partial charge in [0.25, 0.3) is 0 Å². The van der Waals surface area contributed by atoms with Crippen molar-refractivity contribution in [1.82, 2.24) is 0 Å². The predicted molar refractivity (Wildman–Crippen MR) is 61.0 cm³/mol. The lowest BCUT2D eigenvalue weighted by Gasteiger charge is -2.05. The molecule has 0 aliphatic rings. The van der Waals surface area contributed by atoms with Crippen LogP contribution >= 0.6 is 11.3 Å². The highest BCUT2D eigenvalue weighted by Gasteiger charge is 2.10. The van der Waals surface area contributed by atoms with Crippen LogP contribution in [0.3, 0.4) is 0 Å². The molecule has 78 valence electrons. The van der Waals surface area contributed by atoms with Crippen molar-refractivity contribution in [3.8, 4) is 16.9 Å². The molecule has 0 bridgehead atoms. The fourth-order valence-electron chi connectivity index (χ4n) is 1.48. The molecule has 0 N–H and O–H groups in total. The van der Waals surface area contributed by atoms with Gasteiger partial charge >= 0.3 is 0 Å². The Kier molecular flexibility index (Phi) is 2.73. The van der Waals surface area contributed by atoms with Crippen LogP contribution in [0.25, 0.3) is 11.1 Å². The van der Waals surface area contributed by atoms with Crippen LogP contribution in [0.2, 0.25) is 0 Å². The van der Waals surface area contributed by atoms with Crippen molar-refractivity contribution in [2.75, 3.05) is 7.11 Å². The molecule has 0 spiro atoms. The fourth-order valence-corrected chi connectivity index (χ4v) is 2.18. The molecule has 1 nitrogen and oxygen atoms in total. The Labute approximate surface area is 92.1 Å². The molecule has 1 heterocycles. The zero-order valence-electron chi connectivity index (χ0n) is 8.58. The molecule has 0 fully saturated rings. The summed E-state index contributed by atoms with van der Waals surface area (Å²) in [7, 11) is 1.47. The van der Waals surface area contributed by atoms with Gasteiger partial charge in [0.15, 0.2) is 11.6 Å². The molecule has 0 radical (unpaired) electrons. The third kappa shape index (κ3) is 1.88. The maximum Gasteiger partial charge on any atom is 0.172 e. The van der Waals surface area contributed by atoms with Gasteiger partial charge in [0.2, 0.25) is 0 Å². The van der Waals surface area contributed by atoms with E-state index in [1.807, 2.05) is 18.4 Å². The molecule has 0 aliphatic heterocycles. The van der Waals surface area contributed by atoms with E-state index in [-0.39, 0.29) is 11.6 Å². The standard InChI is InChI=1S/C12H11FOS/c1-8-6-9(7-15-8)10-4-3-5-11(14-2)12(10)13/h3-7H,1-2H3. The Morgan fingerprint density at radius 1 is 1.33 bits per heavy atom. The second-order valence-electron chi connectivity index (χ2n) is 3.27. The second-order valence-corrected chi connectivity index (χ2v) is 4.38. The third-order valence-electron chi connectivity index (χ3n) is 2.22. The molecule has 0 aliphatic carbocycles. The van der Waals surface area contributed by atoms with Gasteiger partial charge in [-0.15, -0.1) is 11.3 Å². The molecule has 2 rings (SSSR count). The number of ether oxygens (including phenoxy) is 1. The lowest BCUT2D eigenvalue weighted by Crippen LogP contribution is -1.90. The molecule has 1 aromatic carbocycles. The number of aryl methyl sites for hydroxylation is 1. The Balaban J connectivity index is 2.53. The van der Waals surface area contributed by atoms with Crippen LogP contribution in [0.15, 0.2) is 29.6 Å². The summed E-state index contributed by atoms with van der Waals surface area (Å²) in [6, 6.07) is 7.16. The van der Waals surface area contributed by atoms with E-state index in [1.165, 1.54) is 12.0 Å². The minimum absolute atomic E-state index is 0.288. The number of thiophene rings is 1. The van der Waals surface area contributed by atoms with Crippen LogP contribution in [0.4, 0.5) is 4.39 Å².